The lowest BCUT2D eigenvalue weighted by Crippen LogP contribution is -1.93. The van der Waals surface area contributed by atoms with E-state index in [1.54, 1.807) is 0 Å². The van der Waals surface area contributed by atoms with E-state index in [0.717, 1.165) is 21.4 Å². The number of rotatable bonds is 4. The molecule has 0 aliphatic heterocycles. The van der Waals surface area contributed by atoms with Crippen molar-refractivity contribution in [3.63, 3.8) is 0 Å². The van der Waals surface area contributed by atoms with Gasteiger partial charge in [0.2, 0.25) is 0 Å². The summed E-state index contributed by atoms with van der Waals surface area (Å²) in [6.07, 6.45) is 0. The minimum atomic E-state index is 0.705. The van der Waals surface area contributed by atoms with Gasteiger partial charge in [0.15, 0.2) is 5.82 Å². The van der Waals surface area contributed by atoms with Crippen molar-refractivity contribution in [3.05, 3.63) is 120 Å². The van der Waals surface area contributed by atoms with Crippen LogP contribution in [0.4, 0.5) is 0 Å². The van der Waals surface area contributed by atoms with Crippen LogP contribution in [0.15, 0.2) is 120 Å². The second kappa shape index (κ2) is 8.66. The fourth-order valence-corrected chi connectivity index (χ4v) is 3.99. The first-order chi connectivity index (χ1) is 15.3. The highest BCUT2D eigenvalue weighted by atomic mass is 79.9. The molecule has 0 fully saturated rings. The smallest absolute Gasteiger partial charge is 0.161 e. The van der Waals surface area contributed by atoms with Gasteiger partial charge in [0.05, 0.1) is 5.69 Å². The van der Waals surface area contributed by atoms with E-state index < -0.39 is 0 Å². The molecule has 0 unspecified atom stereocenters. The van der Waals surface area contributed by atoms with Gasteiger partial charge in [0.1, 0.15) is 4.60 Å². The maximum absolute atomic E-state index is 4.84. The molecule has 0 radical (unpaired) electrons. The summed E-state index contributed by atoms with van der Waals surface area (Å²) in [5.74, 6) is 0.705. The Morgan fingerprint density at radius 3 is 1.35 bits per heavy atom. The van der Waals surface area contributed by atoms with Crippen molar-refractivity contribution in [2.45, 2.75) is 0 Å². The minimum absolute atomic E-state index is 0.705. The minimum Gasteiger partial charge on any atom is -0.228 e. The van der Waals surface area contributed by atoms with E-state index in [2.05, 4.69) is 118 Å². The molecule has 5 aromatic rings. The van der Waals surface area contributed by atoms with Crippen LogP contribution in [0.5, 0.6) is 0 Å². The van der Waals surface area contributed by atoms with Crippen molar-refractivity contribution in [1.82, 2.24) is 9.97 Å². The van der Waals surface area contributed by atoms with Crippen LogP contribution in [0.2, 0.25) is 0 Å². The third-order valence-electron chi connectivity index (χ3n) is 5.23. The molecule has 1 heterocycles. The Bertz CT molecular complexity index is 1200. The van der Waals surface area contributed by atoms with Gasteiger partial charge in [0.25, 0.3) is 0 Å². The molecule has 1 aromatic heterocycles. The van der Waals surface area contributed by atoms with Crippen LogP contribution in [-0.4, -0.2) is 9.97 Å². The Morgan fingerprint density at radius 1 is 0.419 bits per heavy atom. The monoisotopic (exact) mass is 462 g/mol. The van der Waals surface area contributed by atoms with Crippen LogP contribution >= 0.6 is 15.9 Å². The SMILES string of the molecule is Brc1cc(-c2ccc(-c3ccccc3)cc2)nc(-c2ccc(-c3ccccc3)cc2)n1. The Hall–Kier alpha value is -3.56. The highest BCUT2D eigenvalue weighted by molar-refractivity contribution is 9.10. The Balaban J connectivity index is 1.45. The van der Waals surface area contributed by atoms with Gasteiger partial charge in [-0.3, -0.25) is 0 Å². The molecular formula is C28H19BrN2. The van der Waals surface area contributed by atoms with Crippen LogP contribution in [0.1, 0.15) is 0 Å². The molecular weight excluding hydrogens is 444 g/mol. The quantitative estimate of drug-likeness (QED) is 0.253. The van der Waals surface area contributed by atoms with Gasteiger partial charge in [-0.05, 0) is 44.3 Å². The fraction of sp³-hybridized carbons (Fsp3) is 0. The zero-order valence-corrected chi connectivity index (χ0v) is 18.3. The zero-order chi connectivity index (χ0) is 21.0. The topological polar surface area (TPSA) is 25.8 Å². The maximum atomic E-state index is 4.84. The summed E-state index contributed by atoms with van der Waals surface area (Å²) >= 11 is 3.56. The van der Waals surface area contributed by atoms with Crippen molar-refractivity contribution in [3.8, 4) is 44.9 Å². The van der Waals surface area contributed by atoms with Crippen LogP contribution in [-0.2, 0) is 0 Å². The van der Waals surface area contributed by atoms with E-state index in [0.29, 0.717) is 5.82 Å². The maximum Gasteiger partial charge on any atom is 0.161 e. The number of benzene rings is 4. The summed E-state index contributed by atoms with van der Waals surface area (Å²) in [5, 5.41) is 0. The van der Waals surface area contributed by atoms with Crippen molar-refractivity contribution in [1.29, 1.82) is 0 Å². The fourth-order valence-electron chi connectivity index (χ4n) is 3.60. The highest BCUT2D eigenvalue weighted by Crippen LogP contribution is 2.28. The number of hydrogen-bond donors (Lipinski definition) is 0. The Kier molecular flexibility index (Phi) is 5.42. The first kappa shape index (κ1) is 19.4. The largest absolute Gasteiger partial charge is 0.228 e. The van der Waals surface area contributed by atoms with Gasteiger partial charge in [-0.15, -0.1) is 0 Å². The summed E-state index contributed by atoms with van der Waals surface area (Å²) in [6, 6.07) is 39.6. The van der Waals surface area contributed by atoms with Crippen LogP contribution < -0.4 is 0 Å². The lowest BCUT2D eigenvalue weighted by Gasteiger charge is -2.08. The molecule has 4 aromatic carbocycles. The van der Waals surface area contributed by atoms with E-state index in [1.165, 1.54) is 22.3 Å². The van der Waals surface area contributed by atoms with E-state index in [4.69, 9.17) is 4.98 Å². The molecule has 0 N–H and O–H groups in total. The predicted molar refractivity (Wildman–Crippen MR) is 131 cm³/mol. The summed E-state index contributed by atoms with van der Waals surface area (Å²) in [6.45, 7) is 0. The summed E-state index contributed by atoms with van der Waals surface area (Å²) in [7, 11) is 0. The van der Waals surface area contributed by atoms with Crippen molar-refractivity contribution < 1.29 is 0 Å². The molecule has 5 rings (SSSR count). The van der Waals surface area contributed by atoms with Gasteiger partial charge >= 0.3 is 0 Å². The summed E-state index contributed by atoms with van der Waals surface area (Å²) in [5.41, 5.74) is 7.71. The molecule has 0 aliphatic rings. The number of aromatic nitrogens is 2. The van der Waals surface area contributed by atoms with Crippen molar-refractivity contribution in [2.24, 2.45) is 0 Å². The third-order valence-corrected chi connectivity index (χ3v) is 5.64. The van der Waals surface area contributed by atoms with Gasteiger partial charge in [-0.1, -0.05) is 109 Å². The van der Waals surface area contributed by atoms with E-state index in [1.807, 2.05) is 18.2 Å². The standard InChI is InChI=1S/C28H19BrN2/c29-27-19-26(24-15-11-22(12-16-24)20-7-3-1-4-8-20)30-28(31-27)25-17-13-23(14-18-25)21-9-5-2-6-10-21/h1-19H. The predicted octanol–water partition coefficient (Wildman–Crippen LogP) is 7.91. The van der Waals surface area contributed by atoms with Crippen LogP contribution in [0.25, 0.3) is 44.9 Å². The van der Waals surface area contributed by atoms with Crippen LogP contribution in [0, 0.1) is 0 Å². The molecule has 2 nitrogen and oxygen atoms in total. The summed E-state index contributed by atoms with van der Waals surface area (Å²) < 4.78 is 0.770. The second-order valence-electron chi connectivity index (χ2n) is 7.29. The average Bonchev–Trinajstić information content (AvgIpc) is 2.85. The molecule has 0 amide bonds. The highest BCUT2D eigenvalue weighted by Gasteiger charge is 2.09. The molecule has 31 heavy (non-hydrogen) atoms. The van der Waals surface area contributed by atoms with Gasteiger partial charge in [-0.2, -0.15) is 0 Å². The molecule has 0 aliphatic carbocycles. The normalized spacial score (nSPS) is 10.7. The van der Waals surface area contributed by atoms with Gasteiger partial charge < -0.3 is 0 Å². The first-order valence-electron chi connectivity index (χ1n) is 10.1. The van der Waals surface area contributed by atoms with E-state index in [9.17, 15) is 0 Å². The molecule has 3 heteroatoms. The number of hydrogen-bond acceptors (Lipinski definition) is 2. The van der Waals surface area contributed by atoms with Gasteiger partial charge in [-0.25, -0.2) is 9.97 Å². The first-order valence-corrected chi connectivity index (χ1v) is 10.9. The van der Waals surface area contributed by atoms with Gasteiger partial charge in [0, 0.05) is 11.1 Å². The zero-order valence-electron chi connectivity index (χ0n) is 16.7. The molecule has 0 saturated heterocycles. The molecule has 0 atom stereocenters. The second-order valence-corrected chi connectivity index (χ2v) is 8.10. The molecule has 0 spiro atoms. The van der Waals surface area contributed by atoms with Crippen molar-refractivity contribution >= 4 is 15.9 Å². The lowest BCUT2D eigenvalue weighted by atomic mass is 10.0. The Labute approximate surface area is 190 Å². The number of nitrogens with zero attached hydrogens (tertiary/aromatic N) is 2. The summed E-state index contributed by atoms with van der Waals surface area (Å²) in [4.78, 5) is 9.44. The third kappa shape index (κ3) is 4.32. The molecule has 0 bridgehead atoms. The molecule has 0 saturated carbocycles. The van der Waals surface area contributed by atoms with E-state index >= 15 is 0 Å². The van der Waals surface area contributed by atoms with Crippen LogP contribution in [0.3, 0.4) is 0 Å². The Morgan fingerprint density at radius 2 is 0.839 bits per heavy atom. The van der Waals surface area contributed by atoms with Crippen molar-refractivity contribution in [2.75, 3.05) is 0 Å². The number of halogens is 1. The van der Waals surface area contributed by atoms with E-state index in [-0.39, 0.29) is 0 Å². The molecule has 148 valence electrons. The lowest BCUT2D eigenvalue weighted by molar-refractivity contribution is 1.15. The average molecular weight is 463 g/mol.